The molecule has 0 amide bonds. The first-order valence-electron chi connectivity index (χ1n) is 4.15. The van der Waals surface area contributed by atoms with E-state index in [0.717, 1.165) is 0 Å². The molecule has 17 heavy (non-hydrogen) atoms. The predicted octanol–water partition coefficient (Wildman–Crippen LogP) is 3.44. The highest BCUT2D eigenvalue weighted by atomic mass is 19.4. The van der Waals surface area contributed by atoms with Gasteiger partial charge in [0.2, 0.25) is 0 Å². The van der Waals surface area contributed by atoms with Gasteiger partial charge in [-0.05, 0) is 18.2 Å². The maximum Gasteiger partial charge on any atom is 0.418 e. The van der Waals surface area contributed by atoms with E-state index in [9.17, 15) is 30.7 Å². The molecule has 1 nitrogen and oxygen atoms in total. The average Bonchev–Trinajstić information content (AvgIpc) is 2.14. The van der Waals surface area contributed by atoms with E-state index in [-0.39, 0.29) is 12.1 Å². The van der Waals surface area contributed by atoms with Gasteiger partial charge in [-0.2, -0.15) is 26.3 Å². The van der Waals surface area contributed by atoms with Crippen LogP contribution in [0.25, 0.3) is 0 Å². The Morgan fingerprint density at radius 2 is 1.53 bits per heavy atom. The second-order valence-electron chi connectivity index (χ2n) is 3.18. The zero-order valence-electron chi connectivity index (χ0n) is 7.90. The molecule has 0 fully saturated rings. The Hall–Kier alpha value is -1.31. The zero-order chi connectivity index (χ0) is 13.4. The summed E-state index contributed by atoms with van der Waals surface area (Å²) < 4.78 is 85.6. The zero-order valence-corrected chi connectivity index (χ0v) is 7.90. The maximum absolute atomic E-state index is 12.9. The van der Waals surface area contributed by atoms with Gasteiger partial charge in [0.1, 0.15) is 5.82 Å². The summed E-state index contributed by atoms with van der Waals surface area (Å²) in [5, 5.41) is 8.70. The van der Waals surface area contributed by atoms with Gasteiger partial charge in [0.15, 0.2) is 6.10 Å². The SMILES string of the molecule is O[C@H](c1cc(C(F)(F)F)ccc1F)C(F)(F)F. The van der Waals surface area contributed by atoms with Gasteiger partial charge in [-0.1, -0.05) is 0 Å². The fraction of sp³-hybridized carbons (Fsp3) is 0.333. The Balaban J connectivity index is 3.25. The van der Waals surface area contributed by atoms with Crippen LogP contribution in [0.4, 0.5) is 30.7 Å². The maximum atomic E-state index is 12.9. The molecule has 1 atom stereocenters. The van der Waals surface area contributed by atoms with Crippen LogP contribution >= 0.6 is 0 Å². The predicted molar refractivity (Wildman–Crippen MR) is 42.4 cm³/mol. The van der Waals surface area contributed by atoms with Crippen LogP contribution in [0.5, 0.6) is 0 Å². The molecule has 1 rings (SSSR count). The quantitative estimate of drug-likeness (QED) is 0.768. The average molecular weight is 262 g/mol. The number of benzene rings is 1. The fourth-order valence-electron chi connectivity index (χ4n) is 1.11. The highest BCUT2D eigenvalue weighted by Crippen LogP contribution is 2.37. The normalized spacial score (nSPS) is 14.8. The van der Waals surface area contributed by atoms with Crippen molar-refractivity contribution in [1.29, 1.82) is 0 Å². The molecule has 1 aromatic carbocycles. The second-order valence-corrected chi connectivity index (χ2v) is 3.18. The molecule has 0 heterocycles. The summed E-state index contributed by atoms with van der Waals surface area (Å²) in [6.45, 7) is 0. The molecular formula is C9H5F7O. The molecule has 0 unspecified atom stereocenters. The van der Waals surface area contributed by atoms with Crippen LogP contribution in [0.3, 0.4) is 0 Å². The van der Waals surface area contributed by atoms with Crippen molar-refractivity contribution in [3.8, 4) is 0 Å². The number of hydrogen-bond donors (Lipinski definition) is 1. The lowest BCUT2D eigenvalue weighted by Gasteiger charge is -2.17. The second kappa shape index (κ2) is 4.17. The van der Waals surface area contributed by atoms with E-state index in [1.807, 2.05) is 0 Å². The summed E-state index contributed by atoms with van der Waals surface area (Å²) in [4.78, 5) is 0. The number of alkyl halides is 6. The van der Waals surface area contributed by atoms with E-state index < -0.39 is 35.4 Å². The number of halogens is 7. The third-order valence-corrected chi connectivity index (χ3v) is 1.93. The van der Waals surface area contributed by atoms with Crippen molar-refractivity contribution in [2.45, 2.75) is 18.5 Å². The number of aliphatic hydroxyl groups excluding tert-OH is 1. The first-order chi connectivity index (χ1) is 7.53. The lowest BCUT2D eigenvalue weighted by Crippen LogP contribution is -2.22. The molecule has 0 saturated carbocycles. The van der Waals surface area contributed by atoms with Crippen LogP contribution in [0, 0.1) is 5.82 Å². The molecule has 0 aliphatic heterocycles. The molecule has 0 aromatic heterocycles. The highest BCUT2D eigenvalue weighted by molar-refractivity contribution is 5.29. The molecule has 8 heteroatoms. The van der Waals surface area contributed by atoms with Crippen LogP contribution < -0.4 is 0 Å². The molecular weight excluding hydrogens is 257 g/mol. The standard InChI is InChI=1S/C9H5F7O/c10-6-2-1-4(8(11,12)13)3-5(6)7(17)9(14,15)16/h1-3,7,17H/t7-/m1/s1. The van der Waals surface area contributed by atoms with Crippen LogP contribution in [0.2, 0.25) is 0 Å². The molecule has 0 spiro atoms. The molecule has 96 valence electrons. The van der Waals surface area contributed by atoms with Gasteiger partial charge in [-0.3, -0.25) is 0 Å². The summed E-state index contributed by atoms with van der Waals surface area (Å²) >= 11 is 0. The fourth-order valence-corrected chi connectivity index (χ4v) is 1.11. The monoisotopic (exact) mass is 262 g/mol. The number of hydrogen-bond acceptors (Lipinski definition) is 1. The van der Waals surface area contributed by atoms with E-state index in [0.29, 0.717) is 6.07 Å². The van der Waals surface area contributed by atoms with Gasteiger partial charge in [0.25, 0.3) is 0 Å². The van der Waals surface area contributed by atoms with Crippen molar-refractivity contribution in [1.82, 2.24) is 0 Å². The Bertz CT molecular complexity index is 407. The van der Waals surface area contributed by atoms with Crippen LogP contribution in [-0.2, 0) is 6.18 Å². The van der Waals surface area contributed by atoms with Gasteiger partial charge in [-0.25, -0.2) is 4.39 Å². The van der Waals surface area contributed by atoms with Crippen molar-refractivity contribution in [3.05, 3.63) is 35.1 Å². The molecule has 0 aliphatic carbocycles. The first-order valence-corrected chi connectivity index (χ1v) is 4.15. The Morgan fingerprint density at radius 3 is 1.94 bits per heavy atom. The lowest BCUT2D eigenvalue weighted by atomic mass is 10.0. The van der Waals surface area contributed by atoms with Crippen molar-refractivity contribution in [3.63, 3.8) is 0 Å². The van der Waals surface area contributed by atoms with E-state index in [2.05, 4.69) is 0 Å². The van der Waals surface area contributed by atoms with Crippen LogP contribution in [0.1, 0.15) is 17.2 Å². The van der Waals surface area contributed by atoms with Gasteiger partial charge in [0.05, 0.1) is 5.56 Å². The summed E-state index contributed by atoms with van der Waals surface area (Å²) in [6, 6.07) is 0.461. The first kappa shape index (κ1) is 13.8. The smallest absolute Gasteiger partial charge is 0.379 e. The van der Waals surface area contributed by atoms with Gasteiger partial charge in [0, 0.05) is 5.56 Å². The van der Waals surface area contributed by atoms with E-state index in [1.165, 1.54) is 0 Å². The molecule has 1 aromatic rings. The van der Waals surface area contributed by atoms with E-state index in [4.69, 9.17) is 5.11 Å². The van der Waals surface area contributed by atoms with Crippen LogP contribution in [-0.4, -0.2) is 11.3 Å². The number of aliphatic hydroxyl groups is 1. The van der Waals surface area contributed by atoms with Crippen molar-refractivity contribution >= 4 is 0 Å². The molecule has 0 aliphatic rings. The topological polar surface area (TPSA) is 20.2 Å². The van der Waals surface area contributed by atoms with Crippen molar-refractivity contribution < 1.29 is 35.8 Å². The molecule has 0 saturated heterocycles. The van der Waals surface area contributed by atoms with Crippen LogP contribution in [0.15, 0.2) is 18.2 Å². The van der Waals surface area contributed by atoms with Gasteiger partial charge in [-0.15, -0.1) is 0 Å². The van der Waals surface area contributed by atoms with E-state index >= 15 is 0 Å². The van der Waals surface area contributed by atoms with Gasteiger partial charge >= 0.3 is 12.4 Å². The lowest BCUT2D eigenvalue weighted by molar-refractivity contribution is -0.207. The number of rotatable bonds is 1. The Morgan fingerprint density at radius 1 is 1.00 bits per heavy atom. The summed E-state index contributed by atoms with van der Waals surface area (Å²) in [7, 11) is 0. The summed E-state index contributed by atoms with van der Waals surface area (Å²) in [6.07, 6.45) is -13.4. The summed E-state index contributed by atoms with van der Waals surface area (Å²) in [5.74, 6) is -1.55. The minimum atomic E-state index is -5.23. The third kappa shape index (κ3) is 3.09. The minimum absolute atomic E-state index is 0.0620. The Labute approximate surface area is 90.5 Å². The summed E-state index contributed by atoms with van der Waals surface area (Å²) in [5.41, 5.74) is -2.91. The Kier molecular flexibility index (Phi) is 3.37. The highest BCUT2D eigenvalue weighted by Gasteiger charge is 2.42. The molecule has 1 N–H and O–H groups in total. The third-order valence-electron chi connectivity index (χ3n) is 1.93. The molecule has 0 bridgehead atoms. The van der Waals surface area contributed by atoms with Crippen molar-refractivity contribution in [2.24, 2.45) is 0 Å². The van der Waals surface area contributed by atoms with Crippen molar-refractivity contribution in [2.75, 3.05) is 0 Å². The largest absolute Gasteiger partial charge is 0.418 e. The molecule has 0 radical (unpaired) electrons. The minimum Gasteiger partial charge on any atom is -0.379 e. The van der Waals surface area contributed by atoms with E-state index in [1.54, 1.807) is 0 Å². The van der Waals surface area contributed by atoms with Gasteiger partial charge < -0.3 is 5.11 Å².